The molecular formula is C31H35F5N4O4S. The first-order valence-electron chi connectivity index (χ1n) is 14.5. The zero-order chi connectivity index (χ0) is 32.8. The highest BCUT2D eigenvalue weighted by molar-refractivity contribution is 7.92. The molecule has 0 saturated carbocycles. The summed E-state index contributed by atoms with van der Waals surface area (Å²) in [6, 6.07) is 11.0. The minimum absolute atomic E-state index is 0.0219. The zero-order valence-corrected chi connectivity index (χ0v) is 25.3. The molecule has 4 N–H and O–H groups in total. The quantitative estimate of drug-likeness (QED) is 0.208. The van der Waals surface area contributed by atoms with Crippen LogP contribution in [-0.2, 0) is 29.2 Å². The van der Waals surface area contributed by atoms with Crippen molar-refractivity contribution in [2.45, 2.75) is 51.1 Å². The number of nitrogens with one attached hydrogen (secondary N) is 3. The molecule has 8 nitrogen and oxygen atoms in total. The predicted molar refractivity (Wildman–Crippen MR) is 161 cm³/mol. The molecule has 14 heteroatoms. The van der Waals surface area contributed by atoms with Crippen LogP contribution in [0.1, 0.15) is 46.8 Å². The van der Waals surface area contributed by atoms with Crippen LogP contribution in [0.2, 0.25) is 0 Å². The van der Waals surface area contributed by atoms with Crippen LogP contribution in [-0.4, -0.2) is 57.0 Å². The zero-order valence-electron chi connectivity index (χ0n) is 24.5. The van der Waals surface area contributed by atoms with Gasteiger partial charge in [0.1, 0.15) is 11.6 Å². The van der Waals surface area contributed by atoms with E-state index in [4.69, 9.17) is 0 Å². The summed E-state index contributed by atoms with van der Waals surface area (Å²) < 4.78 is 94.0. The number of aliphatic hydroxyl groups is 1. The molecule has 0 bridgehead atoms. The second-order valence-corrected chi connectivity index (χ2v) is 12.9. The fourth-order valence-electron chi connectivity index (χ4n) is 5.15. The lowest BCUT2D eigenvalue weighted by Crippen LogP contribution is -2.48. The summed E-state index contributed by atoms with van der Waals surface area (Å²) in [5.41, 5.74) is 0.515. The fourth-order valence-corrected chi connectivity index (χ4v) is 6.78. The molecule has 244 valence electrons. The molecule has 0 aliphatic carbocycles. The Kier molecular flexibility index (Phi) is 11.0. The Morgan fingerprint density at radius 3 is 2.40 bits per heavy atom. The van der Waals surface area contributed by atoms with Gasteiger partial charge < -0.3 is 21.1 Å². The number of alkyl halides is 3. The number of amides is 1. The maximum absolute atomic E-state index is 14.0. The molecule has 45 heavy (non-hydrogen) atoms. The van der Waals surface area contributed by atoms with Gasteiger partial charge >= 0.3 is 6.18 Å². The lowest BCUT2D eigenvalue weighted by molar-refractivity contribution is -0.137. The van der Waals surface area contributed by atoms with E-state index in [1.54, 1.807) is 6.07 Å². The summed E-state index contributed by atoms with van der Waals surface area (Å²) in [5.74, 6) is -2.40. The summed E-state index contributed by atoms with van der Waals surface area (Å²) in [5, 5.41) is 19.7. The second-order valence-electron chi connectivity index (χ2n) is 10.9. The minimum Gasteiger partial charge on any atom is -0.390 e. The molecule has 4 rings (SSSR count). The van der Waals surface area contributed by atoms with Crippen molar-refractivity contribution >= 4 is 27.3 Å². The van der Waals surface area contributed by atoms with Gasteiger partial charge in [-0.25, -0.2) is 17.2 Å². The van der Waals surface area contributed by atoms with E-state index in [9.17, 15) is 40.3 Å². The SMILES string of the molecule is CCNc1cc(C(=O)N[C@@H](Cc2cc(F)cc(F)c2)[C@H](O)CNCc2cccc(C(F)(F)F)c2)cc(N2CCCCS2(=O)=O)c1. The van der Waals surface area contributed by atoms with E-state index in [0.29, 0.717) is 42.4 Å². The number of anilines is 2. The van der Waals surface area contributed by atoms with Crippen molar-refractivity contribution in [3.05, 3.63) is 94.6 Å². The molecule has 1 aliphatic heterocycles. The van der Waals surface area contributed by atoms with E-state index in [0.717, 1.165) is 24.3 Å². The first-order valence-corrected chi connectivity index (χ1v) is 16.1. The van der Waals surface area contributed by atoms with Gasteiger partial charge in [-0.2, -0.15) is 13.2 Å². The molecule has 1 saturated heterocycles. The van der Waals surface area contributed by atoms with Crippen molar-refractivity contribution < 1.29 is 40.3 Å². The van der Waals surface area contributed by atoms with E-state index in [1.807, 2.05) is 6.92 Å². The van der Waals surface area contributed by atoms with Crippen molar-refractivity contribution in [2.24, 2.45) is 0 Å². The Labute approximate surface area is 258 Å². The maximum atomic E-state index is 14.0. The standard InChI is InChI=1S/C31H35F5N4O4S/c1-2-38-26-14-22(15-27(17-26)40-8-3-4-9-45(40,43)44)30(42)39-28(13-21-11-24(32)16-25(33)12-21)29(41)19-37-18-20-6-5-7-23(10-20)31(34,35)36/h5-7,10-12,14-17,28-29,37-38,41H,2-4,8-9,13,18-19H2,1H3,(H,39,42)/t28-,29+/m0/s1. The summed E-state index contributed by atoms with van der Waals surface area (Å²) in [6.07, 6.45) is -4.87. The third-order valence-corrected chi connectivity index (χ3v) is 9.16. The molecule has 1 heterocycles. The van der Waals surface area contributed by atoms with Crippen LogP contribution in [0.3, 0.4) is 0 Å². The Morgan fingerprint density at radius 1 is 1.00 bits per heavy atom. The van der Waals surface area contributed by atoms with Crippen molar-refractivity contribution in [1.82, 2.24) is 10.6 Å². The van der Waals surface area contributed by atoms with Crippen molar-refractivity contribution in [1.29, 1.82) is 0 Å². The lowest BCUT2D eigenvalue weighted by atomic mass is 9.99. The number of halogens is 5. The van der Waals surface area contributed by atoms with E-state index in [-0.39, 0.29) is 42.9 Å². The topological polar surface area (TPSA) is 111 Å². The second kappa shape index (κ2) is 14.6. The molecule has 1 aliphatic rings. The van der Waals surface area contributed by atoms with Crippen molar-refractivity contribution in [2.75, 3.05) is 35.0 Å². The molecule has 3 aromatic carbocycles. The van der Waals surface area contributed by atoms with Crippen LogP contribution in [0.4, 0.5) is 33.3 Å². The smallest absolute Gasteiger partial charge is 0.390 e. The Morgan fingerprint density at radius 2 is 1.73 bits per heavy atom. The molecular weight excluding hydrogens is 619 g/mol. The first-order chi connectivity index (χ1) is 21.2. The van der Waals surface area contributed by atoms with Crippen LogP contribution >= 0.6 is 0 Å². The van der Waals surface area contributed by atoms with Gasteiger partial charge in [0.05, 0.1) is 29.1 Å². The molecule has 2 atom stereocenters. The van der Waals surface area contributed by atoms with Gasteiger partial charge in [-0.1, -0.05) is 18.2 Å². The Balaban J connectivity index is 1.56. The van der Waals surface area contributed by atoms with E-state index >= 15 is 0 Å². The lowest BCUT2D eigenvalue weighted by Gasteiger charge is -2.29. The predicted octanol–water partition coefficient (Wildman–Crippen LogP) is 4.84. The number of aliphatic hydroxyl groups excluding tert-OH is 1. The summed E-state index contributed by atoms with van der Waals surface area (Å²) in [4.78, 5) is 13.6. The number of rotatable bonds is 12. The number of hydrogen-bond donors (Lipinski definition) is 4. The van der Waals surface area contributed by atoms with Gasteiger partial charge in [0.15, 0.2) is 0 Å². The normalized spacial score (nSPS) is 16.2. The number of benzene rings is 3. The monoisotopic (exact) mass is 654 g/mol. The molecule has 1 amide bonds. The number of carbonyl (C=O) groups excluding carboxylic acids is 1. The number of carbonyl (C=O) groups is 1. The third-order valence-electron chi connectivity index (χ3n) is 7.29. The largest absolute Gasteiger partial charge is 0.416 e. The molecule has 0 unspecified atom stereocenters. The summed E-state index contributed by atoms with van der Waals surface area (Å²) in [6.45, 7) is 2.35. The Bertz CT molecular complexity index is 1580. The molecule has 3 aromatic rings. The van der Waals surface area contributed by atoms with Gasteiger partial charge in [-0.05, 0) is 73.7 Å². The molecule has 0 radical (unpaired) electrons. The van der Waals surface area contributed by atoms with Gasteiger partial charge in [-0.15, -0.1) is 0 Å². The van der Waals surface area contributed by atoms with Gasteiger partial charge in [-0.3, -0.25) is 9.10 Å². The maximum Gasteiger partial charge on any atom is 0.416 e. The van der Waals surface area contributed by atoms with Gasteiger partial charge in [0, 0.05) is 43.5 Å². The number of hydrogen-bond acceptors (Lipinski definition) is 6. The van der Waals surface area contributed by atoms with Gasteiger partial charge in [0.2, 0.25) is 10.0 Å². The van der Waals surface area contributed by atoms with Crippen molar-refractivity contribution in [3.63, 3.8) is 0 Å². The van der Waals surface area contributed by atoms with E-state index in [2.05, 4.69) is 16.0 Å². The molecule has 0 spiro atoms. The van der Waals surface area contributed by atoms with E-state index < -0.39 is 51.5 Å². The minimum atomic E-state index is -4.52. The van der Waals surface area contributed by atoms with Gasteiger partial charge in [0.25, 0.3) is 5.91 Å². The van der Waals surface area contributed by atoms with Crippen LogP contribution in [0.15, 0.2) is 60.7 Å². The Hall–Kier alpha value is -3.75. The average Bonchev–Trinajstić information content (AvgIpc) is 2.95. The highest BCUT2D eigenvalue weighted by Gasteiger charge is 2.31. The number of sulfonamides is 1. The summed E-state index contributed by atoms with van der Waals surface area (Å²) >= 11 is 0. The van der Waals surface area contributed by atoms with Crippen LogP contribution in [0.5, 0.6) is 0 Å². The number of nitrogens with zero attached hydrogens (tertiary/aromatic N) is 1. The van der Waals surface area contributed by atoms with E-state index in [1.165, 1.54) is 28.6 Å². The van der Waals surface area contributed by atoms with Crippen LogP contribution in [0, 0.1) is 11.6 Å². The third kappa shape index (κ3) is 9.38. The highest BCUT2D eigenvalue weighted by Crippen LogP contribution is 2.30. The summed E-state index contributed by atoms with van der Waals surface area (Å²) in [7, 11) is -3.59. The van der Waals surface area contributed by atoms with Crippen LogP contribution in [0.25, 0.3) is 0 Å². The fraction of sp³-hybridized carbons (Fsp3) is 0.387. The molecule has 1 fully saturated rings. The molecule has 0 aromatic heterocycles. The highest BCUT2D eigenvalue weighted by atomic mass is 32.2. The average molecular weight is 655 g/mol. The van der Waals surface area contributed by atoms with Crippen LogP contribution < -0.4 is 20.3 Å². The van der Waals surface area contributed by atoms with Crippen molar-refractivity contribution in [3.8, 4) is 0 Å². The first kappa shape index (κ1) is 34.1.